The highest BCUT2D eigenvalue weighted by Crippen LogP contribution is 2.30. The summed E-state index contributed by atoms with van der Waals surface area (Å²) in [5.41, 5.74) is 0.617. The number of hydrogen-bond donors (Lipinski definition) is 1. The van der Waals surface area contributed by atoms with Gasteiger partial charge in [0.2, 0.25) is 0 Å². The van der Waals surface area contributed by atoms with Gasteiger partial charge in [0.1, 0.15) is 4.90 Å². The van der Waals surface area contributed by atoms with Crippen molar-refractivity contribution in [2.24, 2.45) is 0 Å². The largest absolute Gasteiger partial charge is 0.278 e. The van der Waals surface area contributed by atoms with Crippen molar-refractivity contribution < 1.29 is 8.42 Å². The molecule has 21 heavy (non-hydrogen) atoms. The Morgan fingerprint density at radius 2 is 1.86 bits per heavy atom. The van der Waals surface area contributed by atoms with Crippen molar-refractivity contribution in [2.45, 2.75) is 4.90 Å². The van der Waals surface area contributed by atoms with Crippen LogP contribution in [0.4, 0.5) is 5.69 Å². The van der Waals surface area contributed by atoms with Crippen LogP contribution in [-0.4, -0.2) is 8.42 Å². The molecule has 0 atom stereocenters. The predicted octanol–water partition coefficient (Wildman–Crippen LogP) is 4.43. The van der Waals surface area contributed by atoms with Gasteiger partial charge >= 0.3 is 0 Å². The average Bonchev–Trinajstić information content (AvgIpc) is 2.41. The summed E-state index contributed by atoms with van der Waals surface area (Å²) in [4.78, 5) is -0.106. The molecule has 0 aliphatic rings. The fourth-order valence-electron chi connectivity index (χ4n) is 1.56. The van der Waals surface area contributed by atoms with Crippen LogP contribution < -0.4 is 4.72 Å². The molecule has 0 saturated carbocycles. The Labute approximate surface area is 140 Å². The van der Waals surface area contributed by atoms with Crippen molar-refractivity contribution in [3.05, 3.63) is 56.5 Å². The van der Waals surface area contributed by atoms with Crippen LogP contribution in [0.5, 0.6) is 0 Å². The number of nitrogens with one attached hydrogen (secondary N) is 1. The van der Waals surface area contributed by atoms with Gasteiger partial charge in [0.05, 0.1) is 22.3 Å². The van der Waals surface area contributed by atoms with Crippen molar-refractivity contribution >= 4 is 54.8 Å². The van der Waals surface area contributed by atoms with E-state index in [0.717, 1.165) is 0 Å². The molecular formula is C13H7BrCl2N2O2S. The van der Waals surface area contributed by atoms with Gasteiger partial charge in [-0.15, -0.1) is 0 Å². The van der Waals surface area contributed by atoms with Gasteiger partial charge in [-0.05, 0) is 52.3 Å². The molecule has 0 unspecified atom stereocenters. The van der Waals surface area contributed by atoms with E-state index >= 15 is 0 Å². The van der Waals surface area contributed by atoms with Crippen LogP contribution in [0, 0.1) is 11.3 Å². The van der Waals surface area contributed by atoms with E-state index in [-0.39, 0.29) is 15.5 Å². The van der Waals surface area contributed by atoms with Gasteiger partial charge < -0.3 is 0 Å². The van der Waals surface area contributed by atoms with Crippen molar-refractivity contribution in [3.8, 4) is 6.07 Å². The van der Waals surface area contributed by atoms with E-state index in [2.05, 4.69) is 20.7 Å². The molecule has 8 heteroatoms. The Balaban J connectivity index is 2.41. The van der Waals surface area contributed by atoms with E-state index in [1.165, 1.54) is 24.3 Å². The molecule has 108 valence electrons. The third kappa shape index (κ3) is 3.69. The van der Waals surface area contributed by atoms with Gasteiger partial charge in [-0.25, -0.2) is 8.42 Å². The predicted molar refractivity (Wildman–Crippen MR) is 86.1 cm³/mol. The fourth-order valence-corrected chi connectivity index (χ4v) is 4.10. The van der Waals surface area contributed by atoms with Crippen LogP contribution in [0.15, 0.2) is 45.8 Å². The van der Waals surface area contributed by atoms with Crippen LogP contribution in [0.25, 0.3) is 0 Å². The first-order valence-corrected chi connectivity index (χ1v) is 8.54. The van der Waals surface area contributed by atoms with E-state index in [9.17, 15) is 8.42 Å². The molecule has 0 aromatic heterocycles. The summed E-state index contributed by atoms with van der Waals surface area (Å²) in [6, 6.07) is 10.5. The summed E-state index contributed by atoms with van der Waals surface area (Å²) in [6.07, 6.45) is 0. The number of nitrogens with zero attached hydrogens (tertiary/aromatic N) is 1. The maximum absolute atomic E-state index is 12.3. The zero-order chi connectivity index (χ0) is 15.6. The number of halogens is 3. The first-order chi connectivity index (χ1) is 9.83. The number of anilines is 1. The Kier molecular flexibility index (Phi) is 4.79. The van der Waals surface area contributed by atoms with Crippen LogP contribution in [-0.2, 0) is 10.0 Å². The number of hydrogen-bond acceptors (Lipinski definition) is 3. The minimum Gasteiger partial charge on any atom is -0.278 e. The lowest BCUT2D eigenvalue weighted by Gasteiger charge is -2.11. The smallest absolute Gasteiger partial charge is 0.263 e. The summed E-state index contributed by atoms with van der Waals surface area (Å²) < 4.78 is 27.6. The van der Waals surface area contributed by atoms with Gasteiger partial charge in [0.15, 0.2) is 0 Å². The summed E-state index contributed by atoms with van der Waals surface area (Å²) in [5, 5.41) is 9.21. The third-order valence-corrected chi connectivity index (χ3v) is 5.27. The van der Waals surface area contributed by atoms with E-state index in [4.69, 9.17) is 28.5 Å². The van der Waals surface area contributed by atoms with Crippen LogP contribution >= 0.6 is 39.1 Å². The van der Waals surface area contributed by atoms with Gasteiger partial charge in [-0.2, -0.15) is 5.26 Å². The molecule has 0 aliphatic heterocycles. The van der Waals surface area contributed by atoms with Crippen molar-refractivity contribution in [1.82, 2.24) is 0 Å². The molecule has 2 aromatic carbocycles. The second kappa shape index (κ2) is 6.24. The number of rotatable bonds is 3. The lowest BCUT2D eigenvalue weighted by Crippen LogP contribution is -2.14. The van der Waals surface area contributed by atoms with Crippen LogP contribution in [0.2, 0.25) is 10.0 Å². The maximum atomic E-state index is 12.3. The Morgan fingerprint density at radius 3 is 2.43 bits per heavy atom. The average molecular weight is 406 g/mol. The molecule has 0 amide bonds. The summed E-state index contributed by atoms with van der Waals surface area (Å²) in [5.74, 6) is 0. The van der Waals surface area contributed by atoms with Crippen molar-refractivity contribution in [3.63, 3.8) is 0 Å². The standard InChI is InChI=1S/C13H7BrCl2N2O2S/c14-10-6-9(15)2-3-12(10)18-21(19,20)13-4-1-8(7-17)5-11(13)16/h1-6,18H. The quantitative estimate of drug-likeness (QED) is 0.820. The summed E-state index contributed by atoms with van der Waals surface area (Å²) >= 11 is 15.0. The second-order valence-corrected chi connectivity index (χ2v) is 7.34. The lowest BCUT2D eigenvalue weighted by molar-refractivity contribution is 0.601. The highest BCUT2D eigenvalue weighted by atomic mass is 79.9. The molecule has 0 saturated heterocycles. The highest BCUT2D eigenvalue weighted by molar-refractivity contribution is 9.10. The fraction of sp³-hybridized carbons (Fsp3) is 0. The first-order valence-electron chi connectivity index (χ1n) is 5.51. The van der Waals surface area contributed by atoms with Gasteiger partial charge in [0, 0.05) is 9.50 Å². The SMILES string of the molecule is N#Cc1ccc(S(=O)(=O)Nc2ccc(Cl)cc2Br)c(Cl)c1. The number of nitriles is 1. The van der Waals surface area contributed by atoms with E-state index < -0.39 is 10.0 Å². The first kappa shape index (κ1) is 16.1. The molecule has 2 rings (SSSR count). The van der Waals surface area contributed by atoms with E-state index in [1.807, 2.05) is 6.07 Å². The normalized spacial score (nSPS) is 11.0. The zero-order valence-corrected chi connectivity index (χ0v) is 14.2. The van der Waals surface area contributed by atoms with Crippen molar-refractivity contribution in [1.29, 1.82) is 5.26 Å². The maximum Gasteiger partial charge on any atom is 0.263 e. The third-order valence-electron chi connectivity index (χ3n) is 2.53. The molecule has 0 aliphatic carbocycles. The number of sulfonamides is 1. The van der Waals surface area contributed by atoms with Crippen molar-refractivity contribution in [2.75, 3.05) is 4.72 Å². The highest BCUT2D eigenvalue weighted by Gasteiger charge is 2.19. The Morgan fingerprint density at radius 1 is 1.14 bits per heavy atom. The molecule has 1 N–H and O–H groups in total. The Bertz CT molecular complexity index is 848. The molecule has 0 bridgehead atoms. The molecule has 0 radical (unpaired) electrons. The monoisotopic (exact) mass is 404 g/mol. The Hall–Kier alpha value is -1.26. The lowest BCUT2D eigenvalue weighted by atomic mass is 10.2. The van der Waals surface area contributed by atoms with E-state index in [1.54, 1.807) is 12.1 Å². The zero-order valence-electron chi connectivity index (χ0n) is 10.3. The second-order valence-electron chi connectivity index (χ2n) is 3.99. The molecule has 0 spiro atoms. The number of benzene rings is 2. The molecular weight excluding hydrogens is 399 g/mol. The summed E-state index contributed by atoms with van der Waals surface area (Å²) in [7, 11) is -3.87. The molecule has 0 heterocycles. The van der Waals surface area contributed by atoms with Gasteiger partial charge in [-0.1, -0.05) is 23.2 Å². The molecule has 4 nitrogen and oxygen atoms in total. The summed E-state index contributed by atoms with van der Waals surface area (Å²) in [6.45, 7) is 0. The van der Waals surface area contributed by atoms with E-state index in [0.29, 0.717) is 15.2 Å². The minimum absolute atomic E-state index is 0.0216. The van der Waals surface area contributed by atoms with Gasteiger partial charge in [-0.3, -0.25) is 4.72 Å². The molecule has 0 fully saturated rings. The molecule has 2 aromatic rings. The van der Waals surface area contributed by atoms with Gasteiger partial charge in [0.25, 0.3) is 10.0 Å². The van der Waals surface area contributed by atoms with Crippen LogP contribution in [0.1, 0.15) is 5.56 Å². The topological polar surface area (TPSA) is 70.0 Å². The minimum atomic E-state index is -3.87. The van der Waals surface area contributed by atoms with Crippen LogP contribution in [0.3, 0.4) is 0 Å².